The van der Waals surface area contributed by atoms with Crippen LogP contribution >= 0.6 is 0 Å². The lowest BCUT2D eigenvalue weighted by Gasteiger charge is -2.09. The van der Waals surface area contributed by atoms with E-state index < -0.39 is 0 Å². The van der Waals surface area contributed by atoms with Gasteiger partial charge in [-0.25, -0.2) is 5.43 Å². The maximum absolute atomic E-state index is 11.9. The van der Waals surface area contributed by atoms with Crippen molar-refractivity contribution in [3.8, 4) is 0 Å². The number of anilines is 1. The number of rotatable bonds is 7. The zero-order valence-electron chi connectivity index (χ0n) is 15.5. The summed E-state index contributed by atoms with van der Waals surface area (Å²) in [7, 11) is 0. The number of hydrogen-bond acceptors (Lipinski definition) is 4. The third-order valence-electron chi connectivity index (χ3n) is 4.06. The summed E-state index contributed by atoms with van der Waals surface area (Å²) in [6.45, 7) is 4.91. The topological polar surface area (TPSA) is 71.3 Å². The number of amides is 1. The number of nitrogens with one attached hydrogen (secondary N) is 2. The zero-order valence-corrected chi connectivity index (χ0v) is 15.5. The highest BCUT2D eigenvalue weighted by Crippen LogP contribution is 2.15. The molecule has 1 heterocycles. The summed E-state index contributed by atoms with van der Waals surface area (Å²) in [5, 5.41) is 11.4. The van der Waals surface area contributed by atoms with Gasteiger partial charge in [0, 0.05) is 17.4 Å². The van der Waals surface area contributed by atoms with Crippen molar-refractivity contribution in [1.29, 1.82) is 0 Å². The van der Waals surface area contributed by atoms with Gasteiger partial charge in [0.1, 0.15) is 0 Å². The van der Waals surface area contributed by atoms with E-state index in [-0.39, 0.29) is 12.5 Å². The van der Waals surface area contributed by atoms with E-state index in [9.17, 15) is 4.79 Å². The maximum atomic E-state index is 11.9. The van der Waals surface area contributed by atoms with Crippen LogP contribution in [-0.4, -0.2) is 28.4 Å². The number of aryl methyl sites for hydroxylation is 2. The third kappa shape index (κ3) is 5.54. The van der Waals surface area contributed by atoms with Gasteiger partial charge >= 0.3 is 0 Å². The van der Waals surface area contributed by atoms with Gasteiger partial charge in [0.15, 0.2) is 0 Å². The molecule has 3 aromatic rings. The Hall–Kier alpha value is -3.41. The fourth-order valence-corrected chi connectivity index (χ4v) is 2.71. The minimum Gasteiger partial charge on any atom is -0.376 e. The zero-order chi connectivity index (χ0) is 19.1. The Morgan fingerprint density at radius 3 is 2.78 bits per heavy atom. The SMILES string of the molecule is Cc1ccc(NCC(=O)N/N=C\c2cnn(Cc3ccccc3)c2)c(C)c1. The molecular formula is C21H23N5O. The van der Waals surface area contributed by atoms with Gasteiger partial charge in [0.2, 0.25) is 0 Å². The van der Waals surface area contributed by atoms with E-state index in [0.29, 0.717) is 6.54 Å². The van der Waals surface area contributed by atoms with Crippen LogP contribution in [0, 0.1) is 13.8 Å². The van der Waals surface area contributed by atoms with Crippen LogP contribution in [0.15, 0.2) is 66.0 Å². The van der Waals surface area contributed by atoms with E-state index in [1.165, 1.54) is 11.1 Å². The number of hydrogen-bond donors (Lipinski definition) is 2. The van der Waals surface area contributed by atoms with Crippen LogP contribution < -0.4 is 10.7 Å². The van der Waals surface area contributed by atoms with Gasteiger partial charge < -0.3 is 5.32 Å². The molecule has 0 radical (unpaired) electrons. The maximum Gasteiger partial charge on any atom is 0.259 e. The predicted molar refractivity (Wildman–Crippen MR) is 108 cm³/mol. The van der Waals surface area contributed by atoms with Crippen molar-refractivity contribution in [2.24, 2.45) is 5.10 Å². The first-order valence-electron chi connectivity index (χ1n) is 8.79. The summed E-state index contributed by atoms with van der Waals surface area (Å²) in [5.41, 5.74) is 7.77. The van der Waals surface area contributed by atoms with Gasteiger partial charge in [-0.05, 0) is 31.0 Å². The second-order valence-corrected chi connectivity index (χ2v) is 6.42. The average molecular weight is 361 g/mol. The van der Waals surface area contributed by atoms with E-state index in [1.807, 2.05) is 55.1 Å². The number of carbonyl (C=O) groups is 1. The molecule has 6 nitrogen and oxygen atoms in total. The number of benzene rings is 2. The number of aromatic nitrogens is 2. The Morgan fingerprint density at radius 2 is 2.00 bits per heavy atom. The van der Waals surface area contributed by atoms with Crippen LogP contribution in [0.4, 0.5) is 5.69 Å². The number of carbonyl (C=O) groups excluding carboxylic acids is 1. The minimum absolute atomic E-state index is 0.161. The molecule has 0 atom stereocenters. The van der Waals surface area contributed by atoms with Gasteiger partial charge in [0.25, 0.3) is 5.91 Å². The second-order valence-electron chi connectivity index (χ2n) is 6.42. The lowest BCUT2D eigenvalue weighted by Crippen LogP contribution is -2.26. The average Bonchev–Trinajstić information content (AvgIpc) is 3.09. The van der Waals surface area contributed by atoms with E-state index in [2.05, 4.69) is 39.1 Å². The fraction of sp³-hybridized carbons (Fsp3) is 0.190. The molecule has 1 amide bonds. The molecule has 0 bridgehead atoms. The summed E-state index contributed by atoms with van der Waals surface area (Å²) in [4.78, 5) is 11.9. The molecule has 2 N–H and O–H groups in total. The molecular weight excluding hydrogens is 338 g/mol. The molecule has 0 aliphatic heterocycles. The van der Waals surface area contributed by atoms with Crippen LogP contribution in [0.25, 0.3) is 0 Å². The van der Waals surface area contributed by atoms with Crippen molar-refractivity contribution in [1.82, 2.24) is 15.2 Å². The molecule has 0 spiro atoms. The lowest BCUT2D eigenvalue weighted by atomic mass is 10.1. The molecule has 0 aliphatic carbocycles. The quantitative estimate of drug-likeness (QED) is 0.502. The van der Waals surface area contributed by atoms with Crippen molar-refractivity contribution < 1.29 is 4.79 Å². The first-order valence-corrected chi connectivity index (χ1v) is 8.79. The highest BCUT2D eigenvalue weighted by molar-refractivity contribution is 5.84. The summed E-state index contributed by atoms with van der Waals surface area (Å²) >= 11 is 0. The molecule has 1 aromatic heterocycles. The van der Waals surface area contributed by atoms with Gasteiger partial charge in [-0.1, -0.05) is 48.0 Å². The van der Waals surface area contributed by atoms with E-state index in [4.69, 9.17) is 0 Å². The largest absolute Gasteiger partial charge is 0.376 e. The van der Waals surface area contributed by atoms with Crippen LogP contribution in [-0.2, 0) is 11.3 Å². The van der Waals surface area contributed by atoms with Crippen molar-refractivity contribution in [2.75, 3.05) is 11.9 Å². The van der Waals surface area contributed by atoms with E-state index in [0.717, 1.165) is 16.8 Å². The standard InChI is InChI=1S/C21H23N5O/c1-16-8-9-20(17(2)10-16)22-13-21(27)25-23-11-19-12-24-26(15-19)14-18-6-4-3-5-7-18/h3-12,15,22H,13-14H2,1-2H3,(H,25,27)/b23-11-. The summed E-state index contributed by atoms with van der Waals surface area (Å²) in [6, 6.07) is 16.2. The highest BCUT2D eigenvalue weighted by Gasteiger charge is 2.02. The molecule has 0 aliphatic rings. The lowest BCUT2D eigenvalue weighted by molar-refractivity contribution is -0.119. The molecule has 6 heteroatoms. The minimum atomic E-state index is -0.206. The van der Waals surface area contributed by atoms with Crippen molar-refractivity contribution in [3.05, 3.63) is 83.2 Å². The Morgan fingerprint density at radius 1 is 1.19 bits per heavy atom. The first-order chi connectivity index (χ1) is 13.1. The predicted octanol–water partition coefficient (Wildman–Crippen LogP) is 3.11. The molecule has 27 heavy (non-hydrogen) atoms. The van der Waals surface area contributed by atoms with Crippen molar-refractivity contribution >= 4 is 17.8 Å². The molecule has 0 saturated carbocycles. The highest BCUT2D eigenvalue weighted by atomic mass is 16.2. The third-order valence-corrected chi connectivity index (χ3v) is 4.06. The molecule has 0 unspecified atom stereocenters. The molecule has 0 fully saturated rings. The summed E-state index contributed by atoms with van der Waals surface area (Å²) in [6.07, 6.45) is 5.19. The fourth-order valence-electron chi connectivity index (χ4n) is 2.71. The molecule has 138 valence electrons. The Balaban J connectivity index is 1.46. The number of nitrogens with zero attached hydrogens (tertiary/aromatic N) is 3. The van der Waals surface area contributed by atoms with Gasteiger partial charge in [-0.3, -0.25) is 9.48 Å². The monoisotopic (exact) mass is 361 g/mol. The summed E-state index contributed by atoms with van der Waals surface area (Å²) < 4.78 is 1.83. The Bertz CT molecular complexity index is 931. The Labute approximate surface area is 158 Å². The van der Waals surface area contributed by atoms with Gasteiger partial charge in [0.05, 0.1) is 25.5 Å². The Kier molecular flexibility index (Phi) is 5.99. The first kappa shape index (κ1) is 18.4. The van der Waals surface area contributed by atoms with Gasteiger partial charge in [-0.15, -0.1) is 0 Å². The van der Waals surface area contributed by atoms with Crippen molar-refractivity contribution in [3.63, 3.8) is 0 Å². The van der Waals surface area contributed by atoms with Crippen LogP contribution in [0.3, 0.4) is 0 Å². The van der Waals surface area contributed by atoms with Gasteiger partial charge in [-0.2, -0.15) is 10.2 Å². The van der Waals surface area contributed by atoms with E-state index in [1.54, 1.807) is 12.4 Å². The van der Waals surface area contributed by atoms with Crippen LogP contribution in [0.1, 0.15) is 22.3 Å². The van der Waals surface area contributed by atoms with Crippen molar-refractivity contribution in [2.45, 2.75) is 20.4 Å². The van der Waals surface area contributed by atoms with Crippen LogP contribution in [0.2, 0.25) is 0 Å². The molecule has 2 aromatic carbocycles. The second kappa shape index (κ2) is 8.80. The number of hydrazone groups is 1. The normalized spacial score (nSPS) is 10.9. The van der Waals surface area contributed by atoms with Crippen LogP contribution in [0.5, 0.6) is 0 Å². The summed E-state index contributed by atoms with van der Waals surface area (Å²) in [5.74, 6) is -0.206. The smallest absolute Gasteiger partial charge is 0.259 e. The molecule has 0 saturated heterocycles. The molecule has 3 rings (SSSR count). The van der Waals surface area contributed by atoms with E-state index >= 15 is 0 Å².